The zero-order valence-corrected chi connectivity index (χ0v) is 8.11. The highest BCUT2D eigenvalue weighted by molar-refractivity contribution is 5.04. The van der Waals surface area contributed by atoms with Crippen molar-refractivity contribution in [2.45, 2.75) is 44.7 Å². The number of aromatic nitrogens is 2. The molecule has 0 saturated carbocycles. The predicted octanol–water partition coefficient (Wildman–Crippen LogP) is 1.50. The molecule has 1 aliphatic rings. The Morgan fingerprint density at radius 3 is 3.38 bits per heavy atom. The smallest absolute Gasteiger partial charge is 0.0537 e. The van der Waals surface area contributed by atoms with Crippen LogP contribution in [0.15, 0.2) is 12.3 Å². The Hall–Kier alpha value is -0.830. The fourth-order valence-electron chi connectivity index (χ4n) is 2.16. The Balaban J connectivity index is 2.15. The average Bonchev–Trinajstić information content (AvgIpc) is 2.51. The van der Waals surface area contributed by atoms with E-state index >= 15 is 0 Å². The Morgan fingerprint density at radius 1 is 1.77 bits per heavy atom. The second-order valence-corrected chi connectivity index (χ2v) is 4.03. The molecule has 0 saturated heterocycles. The van der Waals surface area contributed by atoms with Crippen molar-refractivity contribution in [3.05, 3.63) is 18.0 Å². The van der Waals surface area contributed by atoms with E-state index in [1.54, 1.807) is 0 Å². The fourth-order valence-corrected chi connectivity index (χ4v) is 2.16. The van der Waals surface area contributed by atoms with Gasteiger partial charge < -0.3 is 5.73 Å². The van der Waals surface area contributed by atoms with Crippen molar-refractivity contribution < 1.29 is 0 Å². The summed E-state index contributed by atoms with van der Waals surface area (Å²) in [4.78, 5) is 0. The van der Waals surface area contributed by atoms with Gasteiger partial charge in [-0.2, -0.15) is 5.10 Å². The number of nitrogens with two attached hydrogens (primary N) is 1. The van der Waals surface area contributed by atoms with Gasteiger partial charge in [-0.05, 0) is 38.7 Å². The van der Waals surface area contributed by atoms with E-state index in [4.69, 9.17) is 5.73 Å². The molecule has 2 unspecified atom stereocenters. The number of rotatable bonds is 2. The molecule has 3 nitrogen and oxygen atoms in total. The van der Waals surface area contributed by atoms with Crippen molar-refractivity contribution in [2.75, 3.05) is 0 Å². The van der Waals surface area contributed by atoms with Gasteiger partial charge in [0.25, 0.3) is 0 Å². The molecule has 2 N–H and O–H groups in total. The zero-order valence-electron chi connectivity index (χ0n) is 8.11. The molecule has 2 rings (SSSR count). The lowest BCUT2D eigenvalue weighted by molar-refractivity contribution is 0.330. The topological polar surface area (TPSA) is 43.8 Å². The monoisotopic (exact) mass is 179 g/mol. The highest BCUT2D eigenvalue weighted by Gasteiger charge is 2.20. The van der Waals surface area contributed by atoms with E-state index in [9.17, 15) is 0 Å². The minimum Gasteiger partial charge on any atom is -0.328 e. The van der Waals surface area contributed by atoms with Crippen LogP contribution in [-0.4, -0.2) is 15.8 Å². The van der Waals surface area contributed by atoms with E-state index in [2.05, 4.69) is 22.8 Å². The van der Waals surface area contributed by atoms with E-state index in [0.717, 1.165) is 6.42 Å². The lowest BCUT2D eigenvalue weighted by atomic mass is 9.98. The summed E-state index contributed by atoms with van der Waals surface area (Å²) in [5, 5.41) is 4.35. The summed E-state index contributed by atoms with van der Waals surface area (Å²) in [5.74, 6) is 0. The van der Waals surface area contributed by atoms with Crippen LogP contribution in [0.1, 0.15) is 37.9 Å². The van der Waals surface area contributed by atoms with Crippen molar-refractivity contribution in [3.63, 3.8) is 0 Å². The van der Waals surface area contributed by atoms with Gasteiger partial charge in [0.05, 0.1) is 6.04 Å². The fraction of sp³-hybridized carbons (Fsp3) is 0.700. The summed E-state index contributed by atoms with van der Waals surface area (Å²) >= 11 is 0. The normalized spacial score (nSPS) is 24.0. The van der Waals surface area contributed by atoms with Crippen molar-refractivity contribution in [2.24, 2.45) is 5.73 Å². The first kappa shape index (κ1) is 8.75. The van der Waals surface area contributed by atoms with Crippen LogP contribution in [0.2, 0.25) is 0 Å². The lowest BCUT2D eigenvalue weighted by Crippen LogP contribution is -2.26. The second kappa shape index (κ2) is 3.50. The average molecular weight is 179 g/mol. The summed E-state index contributed by atoms with van der Waals surface area (Å²) < 4.78 is 2.16. The van der Waals surface area contributed by atoms with E-state index in [1.165, 1.54) is 25.0 Å². The van der Waals surface area contributed by atoms with Crippen LogP contribution >= 0.6 is 0 Å². The largest absolute Gasteiger partial charge is 0.328 e. The minimum absolute atomic E-state index is 0.278. The van der Waals surface area contributed by atoms with E-state index < -0.39 is 0 Å². The summed E-state index contributed by atoms with van der Waals surface area (Å²) in [6.45, 7) is 2.07. The van der Waals surface area contributed by atoms with Gasteiger partial charge in [-0.3, -0.25) is 4.68 Å². The highest BCUT2D eigenvalue weighted by atomic mass is 15.3. The van der Waals surface area contributed by atoms with E-state index in [-0.39, 0.29) is 6.04 Å². The molecule has 1 aromatic rings. The summed E-state index contributed by atoms with van der Waals surface area (Å²) in [6, 6.07) is 2.94. The maximum Gasteiger partial charge on any atom is 0.0537 e. The molecule has 3 heteroatoms. The standard InChI is InChI=1S/C10H17N3/c1-8(11)7-10-4-2-3-9-5-6-12-13(9)10/h5-6,8,10H,2-4,7,11H2,1H3. The SMILES string of the molecule is CC(N)CC1CCCc2ccnn21. The van der Waals surface area contributed by atoms with Gasteiger partial charge in [-0.25, -0.2) is 0 Å². The highest BCUT2D eigenvalue weighted by Crippen LogP contribution is 2.26. The van der Waals surface area contributed by atoms with Crippen molar-refractivity contribution in [3.8, 4) is 0 Å². The molecule has 0 fully saturated rings. The Kier molecular flexibility index (Phi) is 2.36. The van der Waals surface area contributed by atoms with Gasteiger partial charge in [0, 0.05) is 17.9 Å². The molecule has 0 aliphatic carbocycles. The molecule has 13 heavy (non-hydrogen) atoms. The molecular weight excluding hydrogens is 162 g/mol. The Labute approximate surface area is 78.9 Å². The minimum atomic E-state index is 0.278. The third kappa shape index (κ3) is 1.75. The van der Waals surface area contributed by atoms with Gasteiger partial charge >= 0.3 is 0 Å². The van der Waals surface area contributed by atoms with Crippen LogP contribution < -0.4 is 5.73 Å². The Bertz CT molecular complexity index is 277. The van der Waals surface area contributed by atoms with Crippen LogP contribution in [0, 0.1) is 0 Å². The zero-order chi connectivity index (χ0) is 9.26. The molecule has 72 valence electrons. The van der Waals surface area contributed by atoms with Gasteiger partial charge in [0.2, 0.25) is 0 Å². The predicted molar refractivity (Wildman–Crippen MR) is 52.5 cm³/mol. The summed E-state index contributed by atoms with van der Waals surface area (Å²) in [5.41, 5.74) is 7.18. The Morgan fingerprint density at radius 2 is 2.62 bits per heavy atom. The van der Waals surface area contributed by atoms with Gasteiger partial charge in [-0.1, -0.05) is 0 Å². The lowest BCUT2D eigenvalue weighted by Gasteiger charge is -2.25. The first-order chi connectivity index (χ1) is 6.27. The first-order valence-electron chi connectivity index (χ1n) is 5.05. The van der Waals surface area contributed by atoms with Crippen molar-refractivity contribution in [1.29, 1.82) is 0 Å². The summed E-state index contributed by atoms with van der Waals surface area (Å²) in [7, 11) is 0. The quantitative estimate of drug-likeness (QED) is 0.747. The van der Waals surface area contributed by atoms with Crippen LogP contribution in [0.25, 0.3) is 0 Å². The third-order valence-corrected chi connectivity index (χ3v) is 2.71. The third-order valence-electron chi connectivity index (χ3n) is 2.71. The van der Waals surface area contributed by atoms with Gasteiger partial charge in [0.15, 0.2) is 0 Å². The molecule has 0 radical (unpaired) electrons. The van der Waals surface area contributed by atoms with E-state index in [1.807, 2.05) is 6.20 Å². The number of aryl methyl sites for hydroxylation is 1. The number of hydrogen-bond acceptors (Lipinski definition) is 2. The molecular formula is C10H17N3. The molecule has 0 bridgehead atoms. The van der Waals surface area contributed by atoms with Crippen molar-refractivity contribution in [1.82, 2.24) is 9.78 Å². The van der Waals surface area contributed by atoms with Crippen LogP contribution in [0.3, 0.4) is 0 Å². The van der Waals surface area contributed by atoms with Crippen LogP contribution in [-0.2, 0) is 6.42 Å². The molecule has 1 aromatic heterocycles. The van der Waals surface area contributed by atoms with Crippen molar-refractivity contribution >= 4 is 0 Å². The molecule has 2 atom stereocenters. The molecule has 0 aromatic carbocycles. The molecule has 2 heterocycles. The summed E-state index contributed by atoms with van der Waals surface area (Å²) in [6.07, 6.45) is 6.64. The second-order valence-electron chi connectivity index (χ2n) is 4.03. The molecule has 0 spiro atoms. The molecule has 1 aliphatic heterocycles. The maximum atomic E-state index is 5.81. The van der Waals surface area contributed by atoms with Gasteiger partial charge in [0.1, 0.15) is 0 Å². The maximum absolute atomic E-state index is 5.81. The van der Waals surface area contributed by atoms with Crippen LogP contribution in [0.4, 0.5) is 0 Å². The molecule has 0 amide bonds. The number of hydrogen-bond donors (Lipinski definition) is 1. The van der Waals surface area contributed by atoms with Gasteiger partial charge in [-0.15, -0.1) is 0 Å². The number of nitrogens with zero attached hydrogens (tertiary/aromatic N) is 2. The first-order valence-corrected chi connectivity index (χ1v) is 5.05. The number of fused-ring (bicyclic) bond motifs is 1. The van der Waals surface area contributed by atoms with Crippen LogP contribution in [0.5, 0.6) is 0 Å². The van der Waals surface area contributed by atoms with E-state index in [0.29, 0.717) is 6.04 Å².